The number of hydrogen-bond acceptors (Lipinski definition) is 2. The van der Waals surface area contributed by atoms with Crippen molar-refractivity contribution in [1.82, 2.24) is 0 Å². The van der Waals surface area contributed by atoms with Crippen molar-refractivity contribution in [2.45, 2.75) is 31.2 Å². The second-order valence-corrected chi connectivity index (χ2v) is 5.19. The maximum absolute atomic E-state index is 13.7. The smallest absolute Gasteiger partial charge is 0.168 e. The van der Waals surface area contributed by atoms with E-state index in [1.54, 1.807) is 0 Å². The summed E-state index contributed by atoms with van der Waals surface area (Å²) < 4.78 is 19.3. The zero-order chi connectivity index (χ0) is 11.8. The summed E-state index contributed by atoms with van der Waals surface area (Å²) in [7, 11) is 1.45. The Morgan fingerprint density at radius 1 is 1.38 bits per heavy atom. The molecule has 0 heterocycles. The molecule has 4 heteroatoms. The average molecular weight is 288 g/mol. The molecule has 1 fully saturated rings. The van der Waals surface area contributed by atoms with Crippen LogP contribution in [0, 0.1) is 5.82 Å². The van der Waals surface area contributed by atoms with Crippen LogP contribution >= 0.6 is 15.9 Å². The van der Waals surface area contributed by atoms with Crippen LogP contribution in [0.3, 0.4) is 0 Å². The Labute approximate surface area is 103 Å². The largest absolute Gasteiger partial charge is 0.492 e. The number of rotatable bonds is 2. The van der Waals surface area contributed by atoms with E-state index in [1.807, 2.05) is 6.07 Å². The van der Waals surface area contributed by atoms with Gasteiger partial charge >= 0.3 is 0 Å². The maximum Gasteiger partial charge on any atom is 0.168 e. The molecule has 0 bridgehead atoms. The topological polar surface area (TPSA) is 35.2 Å². The number of ether oxygens (including phenoxy) is 1. The molecule has 2 rings (SSSR count). The Hall–Kier alpha value is -0.610. The van der Waals surface area contributed by atoms with Crippen molar-refractivity contribution in [2.75, 3.05) is 7.11 Å². The fourth-order valence-corrected chi connectivity index (χ4v) is 2.93. The van der Waals surface area contributed by atoms with Crippen LogP contribution in [-0.4, -0.2) is 7.11 Å². The lowest BCUT2D eigenvalue weighted by molar-refractivity contribution is 0.380. The molecule has 1 aliphatic rings. The number of methoxy groups -OCH3 is 1. The lowest BCUT2D eigenvalue weighted by atomic mass is 9.89. The van der Waals surface area contributed by atoms with Crippen molar-refractivity contribution >= 4 is 15.9 Å². The minimum Gasteiger partial charge on any atom is -0.492 e. The standard InChI is InChI=1S/C12H15BrFNO/c1-16-11-9(13)6-8(7-10(11)14)12(15)4-2-3-5-12/h6-7H,2-5,15H2,1H3. The van der Waals surface area contributed by atoms with Gasteiger partial charge in [-0.2, -0.15) is 0 Å². The van der Waals surface area contributed by atoms with Gasteiger partial charge in [0.1, 0.15) is 0 Å². The summed E-state index contributed by atoms with van der Waals surface area (Å²) in [5, 5.41) is 0. The summed E-state index contributed by atoms with van der Waals surface area (Å²) in [6.45, 7) is 0. The number of nitrogens with two attached hydrogens (primary N) is 1. The van der Waals surface area contributed by atoms with Crippen molar-refractivity contribution in [3.63, 3.8) is 0 Å². The summed E-state index contributed by atoms with van der Waals surface area (Å²) in [6.07, 6.45) is 4.07. The number of hydrogen-bond donors (Lipinski definition) is 1. The van der Waals surface area contributed by atoms with Gasteiger partial charge in [-0.15, -0.1) is 0 Å². The van der Waals surface area contributed by atoms with E-state index in [2.05, 4.69) is 15.9 Å². The molecule has 0 amide bonds. The van der Waals surface area contributed by atoms with Crippen molar-refractivity contribution in [1.29, 1.82) is 0 Å². The summed E-state index contributed by atoms with van der Waals surface area (Å²) in [5.74, 6) is -0.117. The molecule has 1 aromatic carbocycles. The molecular formula is C12H15BrFNO. The van der Waals surface area contributed by atoms with Gasteiger partial charge in [-0.1, -0.05) is 12.8 Å². The first kappa shape index (κ1) is 11.9. The minimum atomic E-state index is -0.365. The van der Waals surface area contributed by atoms with E-state index >= 15 is 0 Å². The molecule has 0 atom stereocenters. The highest BCUT2D eigenvalue weighted by Gasteiger charge is 2.32. The summed E-state index contributed by atoms with van der Waals surface area (Å²) in [4.78, 5) is 0. The van der Waals surface area contributed by atoms with Crippen LogP contribution in [0.25, 0.3) is 0 Å². The SMILES string of the molecule is COc1c(F)cc(C2(N)CCCC2)cc1Br. The lowest BCUT2D eigenvalue weighted by Gasteiger charge is -2.25. The third kappa shape index (κ3) is 1.96. The molecule has 2 nitrogen and oxygen atoms in total. The van der Waals surface area contributed by atoms with Gasteiger partial charge in [0.25, 0.3) is 0 Å². The number of benzene rings is 1. The fourth-order valence-electron chi connectivity index (χ4n) is 2.34. The van der Waals surface area contributed by atoms with Gasteiger partial charge in [-0.3, -0.25) is 0 Å². The van der Waals surface area contributed by atoms with E-state index in [4.69, 9.17) is 10.5 Å². The van der Waals surface area contributed by atoms with E-state index in [9.17, 15) is 4.39 Å². The van der Waals surface area contributed by atoms with Gasteiger partial charge in [0, 0.05) is 5.54 Å². The maximum atomic E-state index is 13.7. The zero-order valence-corrected chi connectivity index (χ0v) is 10.8. The highest BCUT2D eigenvalue weighted by molar-refractivity contribution is 9.10. The molecule has 16 heavy (non-hydrogen) atoms. The second kappa shape index (κ2) is 4.34. The van der Waals surface area contributed by atoms with Crippen molar-refractivity contribution in [3.8, 4) is 5.75 Å². The monoisotopic (exact) mass is 287 g/mol. The first-order valence-electron chi connectivity index (χ1n) is 5.39. The molecule has 88 valence electrons. The van der Waals surface area contributed by atoms with Crippen molar-refractivity contribution < 1.29 is 9.13 Å². The van der Waals surface area contributed by atoms with E-state index in [-0.39, 0.29) is 17.1 Å². The molecule has 2 N–H and O–H groups in total. The van der Waals surface area contributed by atoms with Crippen LogP contribution in [0.15, 0.2) is 16.6 Å². The Balaban J connectivity index is 2.43. The lowest BCUT2D eigenvalue weighted by Crippen LogP contribution is -2.33. The van der Waals surface area contributed by atoms with Gasteiger partial charge in [0.05, 0.1) is 11.6 Å². The first-order valence-corrected chi connectivity index (χ1v) is 6.18. The van der Waals surface area contributed by atoms with Crippen LogP contribution in [0.1, 0.15) is 31.2 Å². The van der Waals surface area contributed by atoms with Crippen LogP contribution < -0.4 is 10.5 Å². The first-order chi connectivity index (χ1) is 7.57. The molecule has 0 unspecified atom stereocenters. The highest BCUT2D eigenvalue weighted by Crippen LogP contribution is 2.40. The Morgan fingerprint density at radius 3 is 2.50 bits per heavy atom. The van der Waals surface area contributed by atoms with Crippen LogP contribution in [0.5, 0.6) is 5.75 Å². The van der Waals surface area contributed by atoms with E-state index < -0.39 is 0 Å². The Kier molecular flexibility index (Phi) is 3.22. The van der Waals surface area contributed by atoms with Crippen molar-refractivity contribution in [3.05, 3.63) is 28.0 Å². The van der Waals surface area contributed by atoms with Gasteiger partial charge in [0.15, 0.2) is 11.6 Å². The van der Waals surface area contributed by atoms with Gasteiger partial charge in [0.2, 0.25) is 0 Å². The molecular weight excluding hydrogens is 273 g/mol. The van der Waals surface area contributed by atoms with Crippen LogP contribution in [0.4, 0.5) is 4.39 Å². The molecule has 0 aliphatic heterocycles. The predicted octanol–water partition coefficient (Wildman–Crippen LogP) is 3.32. The van der Waals surface area contributed by atoms with Gasteiger partial charge in [-0.25, -0.2) is 4.39 Å². The van der Waals surface area contributed by atoms with Gasteiger partial charge < -0.3 is 10.5 Å². The normalized spacial score (nSPS) is 18.8. The van der Waals surface area contributed by atoms with Crippen LogP contribution in [0.2, 0.25) is 0 Å². The van der Waals surface area contributed by atoms with Crippen LogP contribution in [-0.2, 0) is 5.54 Å². The summed E-state index contributed by atoms with van der Waals surface area (Å²) >= 11 is 3.31. The fraction of sp³-hybridized carbons (Fsp3) is 0.500. The third-order valence-electron chi connectivity index (χ3n) is 3.27. The van der Waals surface area contributed by atoms with Gasteiger partial charge in [-0.05, 0) is 46.5 Å². The van der Waals surface area contributed by atoms with E-state index in [0.717, 1.165) is 31.2 Å². The second-order valence-electron chi connectivity index (χ2n) is 4.34. The molecule has 0 saturated heterocycles. The quantitative estimate of drug-likeness (QED) is 0.906. The number of halogens is 2. The molecule has 1 aliphatic carbocycles. The van der Waals surface area contributed by atoms with E-state index in [1.165, 1.54) is 13.2 Å². The minimum absolute atomic E-state index is 0.241. The van der Waals surface area contributed by atoms with E-state index in [0.29, 0.717) is 4.47 Å². The predicted molar refractivity (Wildman–Crippen MR) is 65.0 cm³/mol. The summed E-state index contributed by atoms with van der Waals surface area (Å²) in [6, 6.07) is 3.36. The highest BCUT2D eigenvalue weighted by atomic mass is 79.9. The molecule has 0 radical (unpaired) electrons. The summed E-state index contributed by atoms with van der Waals surface area (Å²) in [5.41, 5.74) is 6.77. The zero-order valence-electron chi connectivity index (χ0n) is 9.22. The molecule has 1 saturated carbocycles. The molecule has 0 aromatic heterocycles. The average Bonchev–Trinajstić information content (AvgIpc) is 2.66. The molecule has 0 spiro atoms. The third-order valence-corrected chi connectivity index (χ3v) is 3.86. The molecule has 1 aromatic rings. The van der Waals surface area contributed by atoms with Crippen molar-refractivity contribution in [2.24, 2.45) is 5.73 Å². The Morgan fingerprint density at radius 2 is 2.00 bits per heavy atom. The Bertz CT molecular complexity index is 379.